The summed E-state index contributed by atoms with van der Waals surface area (Å²) in [6.07, 6.45) is 5.78. The van der Waals surface area contributed by atoms with Gasteiger partial charge in [-0.3, -0.25) is 4.79 Å². The van der Waals surface area contributed by atoms with Crippen molar-refractivity contribution < 1.29 is 9.90 Å². The normalized spacial score (nSPS) is 14.0. The Morgan fingerprint density at radius 3 is 2.64 bits per heavy atom. The Morgan fingerprint density at radius 2 is 1.82 bits per heavy atom. The molecule has 6 nitrogen and oxygen atoms in total. The molecule has 0 saturated heterocycles. The third kappa shape index (κ3) is 3.76. The average molecular weight is 376 g/mol. The molecule has 0 saturated carbocycles. The standard InChI is InChI=1S/C22H24N4O2/c1-15-7-12-19(27)18(14-15)22(28)23-17-10-8-16(9-11-17)21-25-24-20-6-4-2-3-5-13-26(20)21/h7-12,14,27H,2-6,13H2,1H3,(H,23,28). The first kappa shape index (κ1) is 18.2. The number of phenolic OH excluding ortho intramolecular Hbond substituents is 1. The van der Waals surface area contributed by atoms with Crippen LogP contribution in [0.2, 0.25) is 0 Å². The zero-order chi connectivity index (χ0) is 19.5. The number of anilines is 1. The molecule has 3 aromatic rings. The Kier molecular flexibility index (Phi) is 5.10. The van der Waals surface area contributed by atoms with E-state index in [4.69, 9.17) is 0 Å². The fourth-order valence-corrected chi connectivity index (χ4v) is 3.61. The van der Waals surface area contributed by atoms with Gasteiger partial charge in [0, 0.05) is 24.2 Å². The Labute approximate surface area is 164 Å². The van der Waals surface area contributed by atoms with E-state index >= 15 is 0 Å². The number of rotatable bonds is 3. The van der Waals surface area contributed by atoms with Crippen LogP contribution in [0.5, 0.6) is 5.75 Å². The van der Waals surface area contributed by atoms with Crippen molar-refractivity contribution in [3.05, 3.63) is 59.4 Å². The van der Waals surface area contributed by atoms with Crippen LogP contribution in [0, 0.1) is 6.92 Å². The molecule has 1 amide bonds. The molecule has 0 spiro atoms. The van der Waals surface area contributed by atoms with Crippen molar-refractivity contribution in [2.75, 3.05) is 5.32 Å². The molecule has 0 atom stereocenters. The summed E-state index contributed by atoms with van der Waals surface area (Å²) in [6, 6.07) is 12.6. The van der Waals surface area contributed by atoms with E-state index in [-0.39, 0.29) is 17.2 Å². The summed E-state index contributed by atoms with van der Waals surface area (Å²) in [5.41, 5.74) is 2.84. The van der Waals surface area contributed by atoms with E-state index in [1.165, 1.54) is 18.9 Å². The van der Waals surface area contributed by atoms with Crippen LogP contribution >= 0.6 is 0 Å². The first-order chi connectivity index (χ1) is 13.6. The van der Waals surface area contributed by atoms with Crippen LogP contribution in [-0.2, 0) is 13.0 Å². The van der Waals surface area contributed by atoms with Gasteiger partial charge in [0.2, 0.25) is 0 Å². The van der Waals surface area contributed by atoms with Crippen molar-refractivity contribution in [2.24, 2.45) is 0 Å². The van der Waals surface area contributed by atoms with Crippen LogP contribution < -0.4 is 5.32 Å². The van der Waals surface area contributed by atoms with Crippen LogP contribution in [0.1, 0.15) is 47.4 Å². The van der Waals surface area contributed by atoms with Crippen LogP contribution in [0.3, 0.4) is 0 Å². The maximum absolute atomic E-state index is 12.5. The summed E-state index contributed by atoms with van der Waals surface area (Å²) in [5, 5.41) is 21.5. The van der Waals surface area contributed by atoms with E-state index in [0.717, 1.165) is 48.6 Å². The van der Waals surface area contributed by atoms with Crippen molar-refractivity contribution >= 4 is 11.6 Å². The number of aryl methyl sites for hydroxylation is 2. The predicted molar refractivity (Wildman–Crippen MR) is 108 cm³/mol. The number of carbonyl (C=O) groups is 1. The van der Waals surface area contributed by atoms with Gasteiger partial charge in [-0.05, 0) is 56.2 Å². The highest BCUT2D eigenvalue weighted by atomic mass is 16.3. The maximum atomic E-state index is 12.5. The smallest absolute Gasteiger partial charge is 0.259 e. The van der Waals surface area contributed by atoms with Crippen molar-refractivity contribution in [1.29, 1.82) is 0 Å². The van der Waals surface area contributed by atoms with E-state index in [1.807, 2.05) is 31.2 Å². The van der Waals surface area contributed by atoms with Gasteiger partial charge in [-0.15, -0.1) is 10.2 Å². The number of nitrogens with one attached hydrogen (secondary N) is 1. The van der Waals surface area contributed by atoms with E-state index in [1.54, 1.807) is 12.1 Å². The fourth-order valence-electron chi connectivity index (χ4n) is 3.61. The largest absolute Gasteiger partial charge is 0.507 e. The molecule has 0 aliphatic carbocycles. The van der Waals surface area contributed by atoms with Gasteiger partial charge in [-0.1, -0.05) is 24.5 Å². The molecule has 0 radical (unpaired) electrons. The van der Waals surface area contributed by atoms with Crippen LogP contribution in [0.15, 0.2) is 42.5 Å². The molecule has 6 heteroatoms. The van der Waals surface area contributed by atoms with Gasteiger partial charge in [-0.2, -0.15) is 0 Å². The van der Waals surface area contributed by atoms with Crippen molar-refractivity contribution in [3.8, 4) is 17.1 Å². The summed E-state index contributed by atoms with van der Waals surface area (Å²) in [4.78, 5) is 12.5. The highest BCUT2D eigenvalue weighted by molar-refractivity contribution is 6.06. The molecule has 1 aliphatic rings. The minimum absolute atomic E-state index is 0.0261. The van der Waals surface area contributed by atoms with Crippen molar-refractivity contribution in [1.82, 2.24) is 14.8 Å². The van der Waals surface area contributed by atoms with Gasteiger partial charge in [0.05, 0.1) is 5.56 Å². The second-order valence-corrected chi connectivity index (χ2v) is 7.31. The Morgan fingerprint density at radius 1 is 1.04 bits per heavy atom. The zero-order valence-corrected chi connectivity index (χ0v) is 16.0. The number of nitrogens with zero attached hydrogens (tertiary/aromatic N) is 3. The molecule has 1 aromatic heterocycles. The predicted octanol–water partition coefficient (Wildman–Crippen LogP) is 4.33. The van der Waals surface area contributed by atoms with Crippen LogP contribution in [-0.4, -0.2) is 25.8 Å². The van der Waals surface area contributed by atoms with Crippen molar-refractivity contribution in [2.45, 2.75) is 45.6 Å². The highest BCUT2D eigenvalue weighted by Gasteiger charge is 2.16. The molecule has 2 N–H and O–H groups in total. The SMILES string of the molecule is Cc1ccc(O)c(C(=O)Nc2ccc(-c3nnc4n3CCCCCC4)cc2)c1. The monoisotopic (exact) mass is 376 g/mol. The number of carbonyl (C=O) groups excluding carboxylic acids is 1. The minimum Gasteiger partial charge on any atom is -0.507 e. The van der Waals surface area contributed by atoms with Gasteiger partial charge in [-0.25, -0.2) is 0 Å². The molecule has 1 aliphatic heterocycles. The minimum atomic E-state index is -0.332. The summed E-state index contributed by atoms with van der Waals surface area (Å²) in [7, 11) is 0. The molecule has 0 bridgehead atoms. The number of benzene rings is 2. The number of aromatic nitrogens is 3. The van der Waals surface area contributed by atoms with E-state index in [2.05, 4.69) is 20.1 Å². The molecule has 2 heterocycles. The van der Waals surface area contributed by atoms with Gasteiger partial charge in [0.1, 0.15) is 11.6 Å². The lowest BCUT2D eigenvalue weighted by molar-refractivity contribution is 0.102. The average Bonchev–Trinajstić information content (AvgIpc) is 3.05. The number of fused-ring (bicyclic) bond motifs is 1. The molecule has 4 rings (SSSR count). The maximum Gasteiger partial charge on any atom is 0.259 e. The Hall–Kier alpha value is -3.15. The molecular formula is C22H24N4O2. The molecule has 0 unspecified atom stereocenters. The van der Waals surface area contributed by atoms with Crippen molar-refractivity contribution in [3.63, 3.8) is 0 Å². The fraction of sp³-hybridized carbons (Fsp3) is 0.318. The van der Waals surface area contributed by atoms with Crippen LogP contribution in [0.25, 0.3) is 11.4 Å². The van der Waals surface area contributed by atoms with Gasteiger partial charge < -0.3 is 15.0 Å². The molecule has 2 aromatic carbocycles. The molecule has 28 heavy (non-hydrogen) atoms. The summed E-state index contributed by atoms with van der Waals surface area (Å²) < 4.78 is 2.22. The quantitative estimate of drug-likeness (QED) is 0.713. The number of aromatic hydroxyl groups is 1. The topological polar surface area (TPSA) is 80.0 Å². The van der Waals surface area contributed by atoms with Crippen LogP contribution in [0.4, 0.5) is 5.69 Å². The van der Waals surface area contributed by atoms with Gasteiger partial charge >= 0.3 is 0 Å². The number of phenols is 1. The number of hydrogen-bond donors (Lipinski definition) is 2. The zero-order valence-electron chi connectivity index (χ0n) is 16.0. The lowest BCUT2D eigenvalue weighted by atomic mass is 10.1. The molecule has 0 fully saturated rings. The first-order valence-corrected chi connectivity index (χ1v) is 9.75. The number of hydrogen-bond acceptors (Lipinski definition) is 4. The second kappa shape index (κ2) is 7.84. The lowest BCUT2D eigenvalue weighted by Gasteiger charge is -2.13. The summed E-state index contributed by atoms with van der Waals surface area (Å²) in [5.74, 6) is 1.58. The Balaban J connectivity index is 1.53. The summed E-state index contributed by atoms with van der Waals surface area (Å²) >= 11 is 0. The second-order valence-electron chi connectivity index (χ2n) is 7.31. The summed E-state index contributed by atoms with van der Waals surface area (Å²) in [6.45, 7) is 2.83. The van der Waals surface area contributed by atoms with Gasteiger partial charge in [0.25, 0.3) is 5.91 Å². The third-order valence-corrected chi connectivity index (χ3v) is 5.16. The van der Waals surface area contributed by atoms with E-state index in [9.17, 15) is 9.90 Å². The first-order valence-electron chi connectivity index (χ1n) is 9.75. The Bertz CT molecular complexity index is 992. The molecular weight excluding hydrogens is 352 g/mol. The van der Waals surface area contributed by atoms with E-state index < -0.39 is 0 Å². The van der Waals surface area contributed by atoms with E-state index in [0.29, 0.717) is 5.69 Å². The molecule has 144 valence electrons. The third-order valence-electron chi connectivity index (χ3n) is 5.16. The lowest BCUT2D eigenvalue weighted by Crippen LogP contribution is -2.12. The van der Waals surface area contributed by atoms with Gasteiger partial charge in [0.15, 0.2) is 5.82 Å². The number of amides is 1. The highest BCUT2D eigenvalue weighted by Crippen LogP contribution is 2.25.